The Morgan fingerprint density at radius 1 is 1.17 bits per heavy atom. The Kier molecular flexibility index (Phi) is 4.38. The van der Waals surface area contributed by atoms with Crippen LogP contribution >= 0.6 is 0 Å². The number of rotatable bonds is 5. The summed E-state index contributed by atoms with van der Waals surface area (Å²) in [5.41, 5.74) is 4.16. The second-order valence-corrected chi connectivity index (χ2v) is 5.93. The van der Waals surface area contributed by atoms with E-state index in [0.717, 1.165) is 24.3 Å². The lowest BCUT2D eigenvalue weighted by atomic mass is 10.1. The van der Waals surface area contributed by atoms with Crippen LogP contribution < -0.4 is 10.5 Å². The summed E-state index contributed by atoms with van der Waals surface area (Å²) in [6.07, 6.45) is 0.595. The summed E-state index contributed by atoms with van der Waals surface area (Å²) in [6, 6.07) is 8.42. The number of hydrogen-bond acceptors (Lipinski definition) is 4. The molecule has 0 spiro atoms. The highest BCUT2D eigenvalue weighted by molar-refractivity contribution is 5.76. The van der Waals surface area contributed by atoms with E-state index in [1.165, 1.54) is 5.69 Å². The van der Waals surface area contributed by atoms with E-state index in [1.54, 1.807) is 11.7 Å². The van der Waals surface area contributed by atoms with Crippen molar-refractivity contribution in [2.75, 3.05) is 18.0 Å². The maximum absolute atomic E-state index is 12.3. The molecule has 0 fully saturated rings. The molecule has 1 aromatic carbocycles. The molecule has 0 atom stereocenters. The van der Waals surface area contributed by atoms with E-state index in [0.29, 0.717) is 23.3 Å². The van der Waals surface area contributed by atoms with E-state index in [2.05, 4.69) is 58.1 Å². The zero-order chi connectivity index (χ0) is 17.3. The third-order valence-electron chi connectivity index (χ3n) is 4.35. The van der Waals surface area contributed by atoms with Crippen molar-refractivity contribution < 1.29 is 0 Å². The number of fused-ring (bicyclic) bond motifs is 1. The molecular formula is C18H23N5O. The van der Waals surface area contributed by atoms with Crippen molar-refractivity contribution in [2.45, 2.75) is 27.2 Å². The second-order valence-electron chi connectivity index (χ2n) is 5.93. The van der Waals surface area contributed by atoms with Crippen LogP contribution in [0, 0.1) is 6.92 Å². The van der Waals surface area contributed by atoms with Crippen LogP contribution in [0.1, 0.15) is 30.9 Å². The van der Waals surface area contributed by atoms with Gasteiger partial charge in [0.05, 0.1) is 5.69 Å². The first-order valence-corrected chi connectivity index (χ1v) is 8.29. The zero-order valence-electron chi connectivity index (χ0n) is 14.6. The monoisotopic (exact) mass is 325 g/mol. The Bertz CT molecular complexity index is 904. The minimum Gasteiger partial charge on any atom is -0.372 e. The van der Waals surface area contributed by atoms with Gasteiger partial charge in [0, 0.05) is 32.2 Å². The molecule has 1 N–H and O–H groups in total. The van der Waals surface area contributed by atoms with Crippen LogP contribution in [0.15, 0.2) is 29.1 Å². The molecule has 6 heteroatoms. The summed E-state index contributed by atoms with van der Waals surface area (Å²) in [4.78, 5) is 22.0. The first kappa shape index (κ1) is 16.2. The molecule has 0 aliphatic heterocycles. The molecule has 0 aliphatic rings. The lowest BCUT2D eigenvalue weighted by Crippen LogP contribution is -2.21. The van der Waals surface area contributed by atoms with Gasteiger partial charge in [-0.05, 0) is 38.5 Å². The van der Waals surface area contributed by atoms with Crippen LogP contribution in [0.25, 0.3) is 11.0 Å². The van der Waals surface area contributed by atoms with Crippen LogP contribution in [-0.4, -0.2) is 32.8 Å². The molecule has 0 radical (unpaired) electrons. The summed E-state index contributed by atoms with van der Waals surface area (Å²) < 4.78 is 1.58. The Morgan fingerprint density at radius 3 is 2.46 bits per heavy atom. The van der Waals surface area contributed by atoms with Crippen LogP contribution in [-0.2, 0) is 13.5 Å². The molecule has 24 heavy (non-hydrogen) atoms. The Balaban J connectivity index is 1.90. The number of hydrogen-bond donors (Lipinski definition) is 1. The van der Waals surface area contributed by atoms with Gasteiger partial charge in [0.1, 0.15) is 11.3 Å². The molecule has 2 heterocycles. The average Bonchev–Trinajstić information content (AvgIpc) is 2.85. The van der Waals surface area contributed by atoms with Crippen LogP contribution in [0.3, 0.4) is 0 Å². The highest BCUT2D eigenvalue weighted by Gasteiger charge is 2.12. The maximum Gasteiger partial charge on any atom is 0.277 e. The van der Waals surface area contributed by atoms with Crippen LogP contribution in [0.2, 0.25) is 0 Å². The van der Waals surface area contributed by atoms with Gasteiger partial charge in [-0.2, -0.15) is 5.10 Å². The maximum atomic E-state index is 12.3. The van der Waals surface area contributed by atoms with Crippen molar-refractivity contribution in [2.24, 2.45) is 7.05 Å². The van der Waals surface area contributed by atoms with Crippen LogP contribution in [0.4, 0.5) is 5.69 Å². The molecule has 0 unspecified atom stereocenters. The minimum atomic E-state index is -0.141. The van der Waals surface area contributed by atoms with Crippen LogP contribution in [0.5, 0.6) is 0 Å². The molecule has 126 valence electrons. The molecule has 0 amide bonds. The molecule has 0 bridgehead atoms. The predicted molar refractivity (Wildman–Crippen MR) is 96.7 cm³/mol. The summed E-state index contributed by atoms with van der Waals surface area (Å²) >= 11 is 0. The van der Waals surface area contributed by atoms with Crippen molar-refractivity contribution in [3.63, 3.8) is 0 Å². The molecule has 0 saturated heterocycles. The SMILES string of the molecule is CCN(CC)c1ccc(Cc2nc3c(C)nn(C)c3c(=O)[nH]2)cc1. The van der Waals surface area contributed by atoms with E-state index >= 15 is 0 Å². The fourth-order valence-electron chi connectivity index (χ4n) is 3.08. The van der Waals surface area contributed by atoms with Gasteiger partial charge in [0.15, 0.2) is 5.52 Å². The number of nitrogens with one attached hydrogen (secondary N) is 1. The lowest BCUT2D eigenvalue weighted by Gasteiger charge is -2.21. The lowest BCUT2D eigenvalue weighted by molar-refractivity contribution is 0.778. The summed E-state index contributed by atoms with van der Waals surface area (Å²) in [5.74, 6) is 0.666. The standard InChI is InChI=1S/C18H23N5O/c1-5-23(6-2)14-9-7-13(8-10-14)11-15-19-16-12(3)21-22(4)17(16)18(24)20-15/h7-10H,5-6,11H2,1-4H3,(H,19,20,24). The highest BCUT2D eigenvalue weighted by atomic mass is 16.1. The number of H-pyrrole nitrogens is 1. The van der Waals surface area contributed by atoms with Gasteiger partial charge < -0.3 is 9.88 Å². The van der Waals surface area contributed by atoms with Gasteiger partial charge >= 0.3 is 0 Å². The molecule has 6 nitrogen and oxygen atoms in total. The largest absolute Gasteiger partial charge is 0.372 e. The number of benzene rings is 1. The van der Waals surface area contributed by atoms with Gasteiger partial charge in [-0.25, -0.2) is 4.98 Å². The van der Waals surface area contributed by atoms with Crippen molar-refractivity contribution in [1.29, 1.82) is 0 Å². The minimum absolute atomic E-state index is 0.141. The summed E-state index contributed by atoms with van der Waals surface area (Å²) in [6.45, 7) is 8.15. The molecule has 0 aliphatic carbocycles. The third-order valence-corrected chi connectivity index (χ3v) is 4.35. The van der Waals surface area contributed by atoms with E-state index in [9.17, 15) is 4.79 Å². The highest BCUT2D eigenvalue weighted by Crippen LogP contribution is 2.17. The molecule has 3 aromatic rings. The zero-order valence-corrected chi connectivity index (χ0v) is 14.6. The fraction of sp³-hybridized carbons (Fsp3) is 0.389. The van der Waals surface area contributed by atoms with Crippen molar-refractivity contribution in [3.8, 4) is 0 Å². The second kappa shape index (κ2) is 6.47. The van der Waals surface area contributed by atoms with E-state index < -0.39 is 0 Å². The van der Waals surface area contributed by atoms with E-state index in [1.807, 2.05) is 6.92 Å². The topological polar surface area (TPSA) is 66.8 Å². The number of anilines is 1. The summed E-state index contributed by atoms with van der Waals surface area (Å²) in [5, 5.41) is 4.28. The van der Waals surface area contributed by atoms with Crippen molar-refractivity contribution in [3.05, 3.63) is 51.7 Å². The number of nitrogens with zero attached hydrogens (tertiary/aromatic N) is 4. The van der Waals surface area contributed by atoms with Gasteiger partial charge in [-0.3, -0.25) is 9.48 Å². The molecule has 2 aromatic heterocycles. The quantitative estimate of drug-likeness (QED) is 0.782. The first-order valence-electron chi connectivity index (χ1n) is 8.29. The van der Waals surface area contributed by atoms with Gasteiger partial charge in [0.25, 0.3) is 5.56 Å². The van der Waals surface area contributed by atoms with E-state index in [-0.39, 0.29) is 5.56 Å². The normalized spacial score (nSPS) is 11.2. The number of aromatic amines is 1. The first-order chi connectivity index (χ1) is 11.5. The Hall–Kier alpha value is -2.63. The fourth-order valence-corrected chi connectivity index (χ4v) is 3.08. The van der Waals surface area contributed by atoms with Crippen molar-refractivity contribution >= 4 is 16.7 Å². The number of aryl methyl sites for hydroxylation is 2. The summed E-state index contributed by atoms with van der Waals surface area (Å²) in [7, 11) is 1.76. The molecule has 0 saturated carbocycles. The Morgan fingerprint density at radius 2 is 1.83 bits per heavy atom. The van der Waals surface area contributed by atoms with Gasteiger partial charge in [-0.1, -0.05) is 12.1 Å². The van der Waals surface area contributed by atoms with E-state index in [4.69, 9.17) is 0 Å². The molecular weight excluding hydrogens is 302 g/mol. The smallest absolute Gasteiger partial charge is 0.277 e. The Labute approximate surface area is 141 Å². The predicted octanol–water partition coefficient (Wildman–Crippen LogP) is 2.40. The van der Waals surface area contributed by atoms with Crippen molar-refractivity contribution in [1.82, 2.24) is 19.7 Å². The third kappa shape index (κ3) is 2.91. The number of aromatic nitrogens is 4. The van der Waals surface area contributed by atoms with Gasteiger partial charge in [0.2, 0.25) is 0 Å². The van der Waals surface area contributed by atoms with Gasteiger partial charge in [-0.15, -0.1) is 0 Å². The molecule has 3 rings (SSSR count). The average molecular weight is 325 g/mol.